The number of thioether (sulfide) groups is 1. The lowest BCUT2D eigenvalue weighted by molar-refractivity contribution is 0.154. The van der Waals surface area contributed by atoms with Crippen molar-refractivity contribution in [2.75, 3.05) is 12.9 Å². The van der Waals surface area contributed by atoms with Crippen molar-refractivity contribution in [1.82, 2.24) is 19.2 Å². The SMILES string of the molecule is CCOC(=O)n1c(C)cc(=O)n2nc(SC)nc12. The zero-order valence-corrected chi connectivity index (χ0v) is 11.0. The third-order valence-electron chi connectivity index (χ3n) is 2.30. The first-order chi connectivity index (χ1) is 8.58. The normalized spacial score (nSPS) is 10.8. The molecule has 0 fully saturated rings. The van der Waals surface area contributed by atoms with Crippen LogP contribution in [0.15, 0.2) is 16.0 Å². The van der Waals surface area contributed by atoms with Gasteiger partial charge in [-0.25, -0.2) is 9.36 Å². The molecule has 0 atom stereocenters. The number of ether oxygens (including phenoxy) is 1. The van der Waals surface area contributed by atoms with Crippen LogP contribution >= 0.6 is 11.8 Å². The molecule has 2 heterocycles. The van der Waals surface area contributed by atoms with Crippen LogP contribution in [0.3, 0.4) is 0 Å². The van der Waals surface area contributed by atoms with Gasteiger partial charge in [-0.2, -0.15) is 9.50 Å². The van der Waals surface area contributed by atoms with Gasteiger partial charge < -0.3 is 4.74 Å². The summed E-state index contributed by atoms with van der Waals surface area (Å²) < 4.78 is 7.26. The molecule has 18 heavy (non-hydrogen) atoms. The second-order valence-corrected chi connectivity index (χ2v) is 4.24. The molecular formula is C10H12N4O3S. The Morgan fingerprint density at radius 3 is 2.89 bits per heavy atom. The number of hydrogen-bond acceptors (Lipinski definition) is 6. The number of hydrogen-bond donors (Lipinski definition) is 0. The second kappa shape index (κ2) is 4.81. The van der Waals surface area contributed by atoms with Crippen LogP contribution < -0.4 is 5.56 Å². The van der Waals surface area contributed by atoms with Crippen LogP contribution in [0.1, 0.15) is 12.6 Å². The van der Waals surface area contributed by atoms with Crippen LogP contribution in [-0.2, 0) is 4.74 Å². The standard InChI is InChI=1S/C10H12N4O3S/c1-4-17-10(16)13-6(2)5-7(15)14-9(13)11-8(12-14)18-3/h5H,4H2,1-3H3. The molecule has 0 aliphatic rings. The third-order valence-corrected chi connectivity index (χ3v) is 2.84. The van der Waals surface area contributed by atoms with Gasteiger partial charge in [-0.1, -0.05) is 11.8 Å². The summed E-state index contributed by atoms with van der Waals surface area (Å²) in [5.41, 5.74) is 0.141. The molecule has 96 valence electrons. The van der Waals surface area contributed by atoms with Crippen molar-refractivity contribution < 1.29 is 9.53 Å². The van der Waals surface area contributed by atoms with E-state index in [1.807, 2.05) is 0 Å². The zero-order chi connectivity index (χ0) is 13.3. The lowest BCUT2D eigenvalue weighted by Crippen LogP contribution is -2.25. The minimum Gasteiger partial charge on any atom is -0.449 e. The van der Waals surface area contributed by atoms with E-state index in [4.69, 9.17) is 4.74 Å². The molecule has 0 aliphatic carbocycles. The maximum absolute atomic E-state index is 11.8. The highest BCUT2D eigenvalue weighted by Gasteiger charge is 2.17. The Morgan fingerprint density at radius 2 is 2.28 bits per heavy atom. The van der Waals surface area contributed by atoms with E-state index >= 15 is 0 Å². The van der Waals surface area contributed by atoms with Gasteiger partial charge in [0.15, 0.2) is 0 Å². The average Bonchev–Trinajstić information content (AvgIpc) is 2.73. The van der Waals surface area contributed by atoms with Gasteiger partial charge in [-0.05, 0) is 20.1 Å². The topological polar surface area (TPSA) is 78.5 Å². The Morgan fingerprint density at radius 1 is 1.56 bits per heavy atom. The summed E-state index contributed by atoms with van der Waals surface area (Å²) >= 11 is 1.30. The fourth-order valence-corrected chi connectivity index (χ4v) is 1.88. The molecule has 8 heteroatoms. The van der Waals surface area contributed by atoms with Gasteiger partial charge in [0.2, 0.25) is 10.9 Å². The first-order valence-electron chi connectivity index (χ1n) is 5.29. The first kappa shape index (κ1) is 12.6. The number of aromatic nitrogens is 4. The maximum Gasteiger partial charge on any atom is 0.421 e. The Labute approximate surface area is 107 Å². The molecule has 0 bridgehead atoms. The highest BCUT2D eigenvalue weighted by Crippen LogP contribution is 2.11. The Hall–Kier alpha value is -1.83. The van der Waals surface area contributed by atoms with E-state index in [2.05, 4.69) is 10.1 Å². The van der Waals surface area contributed by atoms with Gasteiger partial charge in [0.05, 0.1) is 6.61 Å². The highest BCUT2D eigenvalue weighted by atomic mass is 32.2. The lowest BCUT2D eigenvalue weighted by Gasteiger charge is -2.08. The first-order valence-corrected chi connectivity index (χ1v) is 6.51. The number of nitrogens with zero attached hydrogens (tertiary/aromatic N) is 4. The third kappa shape index (κ3) is 1.99. The molecule has 0 aliphatic heterocycles. The summed E-state index contributed by atoms with van der Waals surface area (Å²) in [6.45, 7) is 3.61. The van der Waals surface area contributed by atoms with E-state index in [9.17, 15) is 9.59 Å². The Balaban J connectivity index is 2.75. The van der Waals surface area contributed by atoms with Crippen LogP contribution in [0.5, 0.6) is 0 Å². The average molecular weight is 268 g/mol. The Kier molecular flexibility index (Phi) is 3.37. The van der Waals surface area contributed by atoms with Gasteiger partial charge in [-0.15, -0.1) is 5.10 Å². The summed E-state index contributed by atoms with van der Waals surface area (Å²) in [5.74, 6) is 0.169. The van der Waals surface area contributed by atoms with Crippen LogP contribution in [0.2, 0.25) is 0 Å². The smallest absolute Gasteiger partial charge is 0.421 e. The molecule has 0 N–H and O–H groups in total. The van der Waals surface area contributed by atoms with E-state index in [0.717, 1.165) is 4.52 Å². The molecule has 2 rings (SSSR count). The molecule has 0 unspecified atom stereocenters. The van der Waals surface area contributed by atoms with Crippen molar-refractivity contribution in [3.63, 3.8) is 0 Å². The predicted molar refractivity (Wildman–Crippen MR) is 66.2 cm³/mol. The van der Waals surface area contributed by atoms with Crippen LogP contribution in [-0.4, -0.2) is 38.1 Å². The molecule has 2 aromatic rings. The zero-order valence-electron chi connectivity index (χ0n) is 10.2. The summed E-state index contributed by atoms with van der Waals surface area (Å²) in [5, 5.41) is 4.43. The van der Waals surface area contributed by atoms with Crippen molar-refractivity contribution in [3.8, 4) is 0 Å². The van der Waals surface area contributed by atoms with Gasteiger partial charge in [0.25, 0.3) is 5.56 Å². The van der Waals surface area contributed by atoms with E-state index in [0.29, 0.717) is 10.9 Å². The van der Waals surface area contributed by atoms with E-state index in [-0.39, 0.29) is 17.9 Å². The molecule has 0 saturated carbocycles. The molecule has 2 aromatic heterocycles. The molecule has 0 spiro atoms. The number of carbonyl (C=O) groups is 1. The second-order valence-electron chi connectivity index (χ2n) is 3.47. The molecule has 0 radical (unpaired) electrons. The van der Waals surface area contributed by atoms with E-state index in [1.165, 1.54) is 22.4 Å². The molecule has 7 nitrogen and oxygen atoms in total. The van der Waals surface area contributed by atoms with Gasteiger partial charge >= 0.3 is 6.09 Å². The van der Waals surface area contributed by atoms with Crippen molar-refractivity contribution in [3.05, 3.63) is 22.1 Å². The van der Waals surface area contributed by atoms with Crippen molar-refractivity contribution in [1.29, 1.82) is 0 Å². The van der Waals surface area contributed by atoms with Gasteiger partial charge in [0.1, 0.15) is 0 Å². The van der Waals surface area contributed by atoms with Crippen molar-refractivity contribution in [2.45, 2.75) is 19.0 Å². The summed E-state index contributed by atoms with van der Waals surface area (Å²) in [7, 11) is 0. The summed E-state index contributed by atoms with van der Waals surface area (Å²) in [4.78, 5) is 27.7. The number of fused-ring (bicyclic) bond motifs is 1. The van der Waals surface area contributed by atoms with Crippen molar-refractivity contribution in [2.24, 2.45) is 0 Å². The molecule has 0 aromatic carbocycles. The quantitative estimate of drug-likeness (QED) is 0.754. The molecular weight excluding hydrogens is 256 g/mol. The fourth-order valence-electron chi connectivity index (χ4n) is 1.54. The number of aryl methyl sites for hydroxylation is 1. The molecule has 0 saturated heterocycles. The largest absolute Gasteiger partial charge is 0.449 e. The van der Waals surface area contributed by atoms with Gasteiger partial charge in [0, 0.05) is 11.8 Å². The summed E-state index contributed by atoms with van der Waals surface area (Å²) in [6, 6.07) is 1.32. The Bertz CT molecular complexity index is 661. The fraction of sp³-hybridized carbons (Fsp3) is 0.400. The summed E-state index contributed by atoms with van der Waals surface area (Å²) in [6.07, 6.45) is 1.22. The van der Waals surface area contributed by atoms with Gasteiger partial charge in [-0.3, -0.25) is 4.79 Å². The highest BCUT2D eigenvalue weighted by molar-refractivity contribution is 7.98. The van der Waals surface area contributed by atoms with Crippen molar-refractivity contribution >= 4 is 23.6 Å². The number of rotatable bonds is 2. The molecule has 0 amide bonds. The number of carbonyl (C=O) groups excluding carboxylic acids is 1. The minimum absolute atomic E-state index is 0.169. The van der Waals surface area contributed by atoms with Crippen LogP contribution in [0.4, 0.5) is 4.79 Å². The van der Waals surface area contributed by atoms with E-state index < -0.39 is 6.09 Å². The predicted octanol–water partition coefficient (Wildman–Crippen LogP) is 0.926. The minimum atomic E-state index is -0.569. The maximum atomic E-state index is 11.8. The van der Waals surface area contributed by atoms with Crippen LogP contribution in [0.25, 0.3) is 5.78 Å². The van der Waals surface area contributed by atoms with Crippen LogP contribution in [0, 0.1) is 6.92 Å². The monoisotopic (exact) mass is 268 g/mol. The lowest BCUT2D eigenvalue weighted by atomic mass is 10.4. The van der Waals surface area contributed by atoms with E-state index in [1.54, 1.807) is 20.1 Å².